The molecule has 0 heterocycles. The first-order valence-corrected chi connectivity index (χ1v) is 10.0. The van der Waals surface area contributed by atoms with Gasteiger partial charge in [0.2, 0.25) is 11.8 Å². The summed E-state index contributed by atoms with van der Waals surface area (Å²) in [4.78, 5) is 24.0. The van der Waals surface area contributed by atoms with Crippen molar-refractivity contribution >= 4 is 23.7 Å². The first-order chi connectivity index (χ1) is 16.1. The maximum absolute atomic E-state index is 12.1. The number of anilines is 1. The van der Waals surface area contributed by atoms with Crippen LogP contribution < -0.4 is 20.2 Å². The number of amides is 2. The Bertz CT molecular complexity index is 1180. The molecule has 8 nitrogen and oxygen atoms in total. The molecule has 0 atom stereocenters. The van der Waals surface area contributed by atoms with Gasteiger partial charge in [0, 0.05) is 5.56 Å². The van der Waals surface area contributed by atoms with Gasteiger partial charge < -0.3 is 14.8 Å². The molecule has 0 saturated carbocycles. The first kappa shape index (κ1) is 23.0. The normalized spacial score (nSPS) is 10.3. The van der Waals surface area contributed by atoms with E-state index in [0.29, 0.717) is 22.7 Å². The minimum absolute atomic E-state index is 0.282. The fourth-order valence-corrected chi connectivity index (χ4v) is 2.87. The zero-order valence-electron chi connectivity index (χ0n) is 17.9. The van der Waals surface area contributed by atoms with Crippen molar-refractivity contribution in [2.45, 2.75) is 13.0 Å². The molecule has 2 N–H and O–H groups in total. The van der Waals surface area contributed by atoms with E-state index in [-0.39, 0.29) is 13.0 Å². The summed E-state index contributed by atoms with van der Waals surface area (Å²) < 4.78 is 10.9. The second-order valence-electron chi connectivity index (χ2n) is 6.85. The molecule has 0 unspecified atom stereocenters. The number of rotatable bonds is 9. The van der Waals surface area contributed by atoms with Crippen molar-refractivity contribution in [2.24, 2.45) is 5.10 Å². The number of hydrogen-bond donors (Lipinski definition) is 2. The van der Waals surface area contributed by atoms with Gasteiger partial charge >= 0.3 is 0 Å². The van der Waals surface area contributed by atoms with Crippen molar-refractivity contribution < 1.29 is 19.1 Å². The van der Waals surface area contributed by atoms with Crippen molar-refractivity contribution in [2.75, 3.05) is 12.4 Å². The highest BCUT2D eigenvalue weighted by atomic mass is 16.5. The number of ether oxygens (including phenoxy) is 2. The van der Waals surface area contributed by atoms with E-state index in [9.17, 15) is 9.59 Å². The molecule has 0 aromatic heterocycles. The lowest BCUT2D eigenvalue weighted by Crippen LogP contribution is -2.24. The van der Waals surface area contributed by atoms with Crippen molar-refractivity contribution in [1.29, 1.82) is 5.26 Å². The molecule has 33 heavy (non-hydrogen) atoms. The summed E-state index contributed by atoms with van der Waals surface area (Å²) >= 11 is 0. The number of nitrogens with one attached hydrogen (secondary N) is 2. The molecule has 166 valence electrons. The summed E-state index contributed by atoms with van der Waals surface area (Å²) in [6.07, 6.45) is 1.08. The van der Waals surface area contributed by atoms with Gasteiger partial charge in [0.1, 0.15) is 24.5 Å². The van der Waals surface area contributed by atoms with Crippen LogP contribution in [0.4, 0.5) is 5.69 Å². The molecule has 3 rings (SSSR count). The predicted molar refractivity (Wildman–Crippen MR) is 124 cm³/mol. The summed E-state index contributed by atoms with van der Waals surface area (Å²) in [5, 5.41) is 15.6. The van der Waals surface area contributed by atoms with Gasteiger partial charge in [-0.15, -0.1) is 0 Å². The van der Waals surface area contributed by atoms with Crippen LogP contribution in [-0.2, 0) is 16.2 Å². The van der Waals surface area contributed by atoms with Crippen LogP contribution in [0, 0.1) is 11.3 Å². The summed E-state index contributed by atoms with van der Waals surface area (Å²) in [5.41, 5.74) is 4.93. The summed E-state index contributed by atoms with van der Waals surface area (Å²) in [7, 11) is 1.50. The molecule has 3 aromatic rings. The smallest absolute Gasteiger partial charge is 0.249 e. The Labute approximate surface area is 191 Å². The topological polar surface area (TPSA) is 113 Å². The van der Waals surface area contributed by atoms with Crippen LogP contribution in [0.5, 0.6) is 11.5 Å². The minimum atomic E-state index is -0.547. The largest absolute Gasteiger partial charge is 0.495 e. The van der Waals surface area contributed by atoms with E-state index in [0.717, 1.165) is 11.1 Å². The van der Waals surface area contributed by atoms with Gasteiger partial charge in [-0.25, -0.2) is 5.43 Å². The number of benzene rings is 3. The molecule has 0 aliphatic rings. The zero-order chi connectivity index (χ0) is 23.5. The fraction of sp³-hybridized carbons (Fsp3) is 0.120. The summed E-state index contributed by atoms with van der Waals surface area (Å²) in [6, 6.07) is 23.4. The Kier molecular flexibility index (Phi) is 8.15. The van der Waals surface area contributed by atoms with Crippen molar-refractivity contribution in [3.8, 4) is 17.6 Å². The van der Waals surface area contributed by atoms with Crippen molar-refractivity contribution in [1.82, 2.24) is 5.43 Å². The Hall–Kier alpha value is -4.64. The Balaban J connectivity index is 1.45. The molecule has 3 aromatic carbocycles. The highest BCUT2D eigenvalue weighted by Crippen LogP contribution is 2.23. The molecule has 0 bridgehead atoms. The maximum Gasteiger partial charge on any atom is 0.249 e. The monoisotopic (exact) mass is 442 g/mol. The molecule has 0 saturated heterocycles. The van der Waals surface area contributed by atoms with E-state index in [2.05, 4.69) is 21.9 Å². The number of methoxy groups -OCH3 is 1. The van der Waals surface area contributed by atoms with Gasteiger partial charge in [0.05, 0.1) is 30.6 Å². The standard InChI is InChI=1S/C25H22N4O4/c1-32-23-9-5-4-8-22(23)28-24(30)14-25(31)29-27-16-18-10-12-21(13-11-18)33-17-20-7-3-2-6-19(20)15-26/h2-13,16H,14,17H2,1H3,(H,28,30)(H,29,31). The summed E-state index contributed by atoms with van der Waals surface area (Å²) in [6.45, 7) is 0.282. The molecular weight excluding hydrogens is 420 g/mol. The number of carbonyl (C=O) groups excluding carboxylic acids is 2. The van der Waals surface area contributed by atoms with Crippen LogP contribution in [0.1, 0.15) is 23.1 Å². The number of nitrogens with zero attached hydrogens (tertiary/aromatic N) is 2. The number of hydrazone groups is 1. The van der Waals surface area contributed by atoms with E-state index < -0.39 is 11.8 Å². The van der Waals surface area contributed by atoms with Crippen molar-refractivity contribution in [3.63, 3.8) is 0 Å². The van der Waals surface area contributed by atoms with Gasteiger partial charge in [-0.2, -0.15) is 10.4 Å². The van der Waals surface area contributed by atoms with Crippen LogP contribution in [0.3, 0.4) is 0 Å². The minimum Gasteiger partial charge on any atom is -0.495 e. The number of para-hydroxylation sites is 2. The maximum atomic E-state index is 12.1. The average molecular weight is 442 g/mol. The van der Waals surface area contributed by atoms with Crippen LogP contribution in [0.25, 0.3) is 0 Å². The van der Waals surface area contributed by atoms with Crippen LogP contribution >= 0.6 is 0 Å². The average Bonchev–Trinajstić information content (AvgIpc) is 2.84. The first-order valence-electron chi connectivity index (χ1n) is 10.0. The number of carbonyl (C=O) groups is 2. The fourth-order valence-electron chi connectivity index (χ4n) is 2.87. The molecule has 8 heteroatoms. The van der Waals surface area contributed by atoms with E-state index >= 15 is 0 Å². The van der Waals surface area contributed by atoms with Gasteiger partial charge in [0.25, 0.3) is 0 Å². The lowest BCUT2D eigenvalue weighted by molar-refractivity contribution is -0.126. The third kappa shape index (κ3) is 6.94. The Morgan fingerprint density at radius 1 is 1.00 bits per heavy atom. The second kappa shape index (κ2) is 11.7. The quantitative estimate of drug-likeness (QED) is 0.299. The van der Waals surface area contributed by atoms with Gasteiger partial charge in [-0.1, -0.05) is 30.3 Å². The van der Waals surface area contributed by atoms with Gasteiger partial charge in [0.15, 0.2) is 0 Å². The third-order valence-electron chi connectivity index (χ3n) is 4.52. The third-order valence-corrected chi connectivity index (χ3v) is 4.52. The van der Waals surface area contributed by atoms with Gasteiger partial charge in [-0.3, -0.25) is 9.59 Å². The molecule has 0 radical (unpaired) electrons. The molecule has 0 aliphatic carbocycles. The van der Waals surface area contributed by atoms with E-state index in [1.165, 1.54) is 13.3 Å². The summed E-state index contributed by atoms with van der Waals surface area (Å²) in [5.74, 6) is 0.115. The van der Waals surface area contributed by atoms with E-state index in [1.54, 1.807) is 54.6 Å². The lowest BCUT2D eigenvalue weighted by Gasteiger charge is -2.09. The van der Waals surface area contributed by atoms with Crippen molar-refractivity contribution in [3.05, 3.63) is 89.5 Å². The molecule has 0 fully saturated rings. The predicted octanol–water partition coefficient (Wildman–Crippen LogP) is 3.62. The highest BCUT2D eigenvalue weighted by Gasteiger charge is 2.11. The number of nitriles is 1. The Morgan fingerprint density at radius 2 is 1.73 bits per heavy atom. The van der Waals surface area contributed by atoms with E-state index in [1.807, 2.05) is 18.2 Å². The SMILES string of the molecule is COc1ccccc1NC(=O)CC(=O)NN=Cc1ccc(OCc2ccccc2C#N)cc1. The molecule has 0 spiro atoms. The highest BCUT2D eigenvalue weighted by molar-refractivity contribution is 6.04. The molecule has 0 aliphatic heterocycles. The Morgan fingerprint density at radius 3 is 2.48 bits per heavy atom. The van der Waals surface area contributed by atoms with Crippen LogP contribution in [0.15, 0.2) is 77.9 Å². The van der Waals surface area contributed by atoms with Crippen LogP contribution in [0.2, 0.25) is 0 Å². The lowest BCUT2D eigenvalue weighted by atomic mass is 10.1. The zero-order valence-corrected chi connectivity index (χ0v) is 17.9. The van der Waals surface area contributed by atoms with Gasteiger partial charge in [-0.05, 0) is 48.0 Å². The second-order valence-corrected chi connectivity index (χ2v) is 6.85. The molecule has 2 amide bonds. The number of hydrogen-bond acceptors (Lipinski definition) is 6. The van der Waals surface area contributed by atoms with Crippen LogP contribution in [-0.4, -0.2) is 25.1 Å². The van der Waals surface area contributed by atoms with E-state index in [4.69, 9.17) is 14.7 Å². The molecular formula is C25H22N4O4.